The summed E-state index contributed by atoms with van der Waals surface area (Å²) < 4.78 is 10.0. The fourth-order valence-electron chi connectivity index (χ4n) is 1.92. The van der Waals surface area contributed by atoms with E-state index in [0.717, 1.165) is 17.7 Å². The van der Waals surface area contributed by atoms with Gasteiger partial charge in [-0.1, -0.05) is 25.1 Å². The third-order valence-electron chi connectivity index (χ3n) is 3.00. The van der Waals surface area contributed by atoms with Crippen molar-refractivity contribution in [2.75, 3.05) is 24.9 Å². The summed E-state index contributed by atoms with van der Waals surface area (Å²) in [4.78, 5) is 20.1. The third-order valence-corrected chi connectivity index (χ3v) is 3.00. The molecule has 1 heterocycles. The number of anilines is 2. The van der Waals surface area contributed by atoms with Gasteiger partial charge in [0, 0.05) is 5.69 Å². The van der Waals surface area contributed by atoms with E-state index in [1.54, 1.807) is 0 Å². The Kier molecular flexibility index (Phi) is 5.13. The minimum Gasteiger partial charge on any atom is -0.479 e. The Morgan fingerprint density at radius 1 is 1.14 bits per heavy atom. The number of nitrogens with zero attached hydrogens (tertiary/aromatic N) is 2. The molecule has 22 heavy (non-hydrogen) atoms. The van der Waals surface area contributed by atoms with E-state index in [-0.39, 0.29) is 11.9 Å². The minimum absolute atomic E-state index is 0.166. The lowest BCUT2D eigenvalue weighted by Gasteiger charge is -2.12. The smallest absolute Gasteiger partial charge is 0.323 e. The number of ether oxygens (including phenoxy) is 2. The summed E-state index contributed by atoms with van der Waals surface area (Å²) in [7, 11) is 2.91. The topological polar surface area (TPSA) is 85.4 Å². The fourth-order valence-corrected chi connectivity index (χ4v) is 1.92. The first kappa shape index (κ1) is 15.6. The number of carbonyl (C=O) groups excluding carboxylic acids is 1. The second-order valence-corrected chi connectivity index (χ2v) is 4.37. The molecule has 0 saturated carbocycles. The monoisotopic (exact) mass is 302 g/mol. The Hall–Kier alpha value is -2.83. The molecule has 2 aromatic rings. The van der Waals surface area contributed by atoms with Crippen molar-refractivity contribution in [2.45, 2.75) is 13.3 Å². The maximum Gasteiger partial charge on any atom is 0.323 e. The number of rotatable bonds is 5. The van der Waals surface area contributed by atoms with E-state index in [0.29, 0.717) is 5.69 Å². The molecule has 7 nitrogen and oxygen atoms in total. The molecule has 0 fully saturated rings. The van der Waals surface area contributed by atoms with E-state index in [1.165, 1.54) is 20.4 Å². The van der Waals surface area contributed by atoms with Crippen molar-refractivity contribution >= 4 is 17.4 Å². The normalized spacial score (nSPS) is 9.95. The fraction of sp³-hybridized carbons (Fsp3) is 0.267. The Labute approximate surface area is 128 Å². The van der Waals surface area contributed by atoms with Crippen LogP contribution in [-0.4, -0.2) is 30.2 Å². The first-order valence-corrected chi connectivity index (χ1v) is 6.78. The maximum absolute atomic E-state index is 12.1. The maximum atomic E-state index is 12.1. The second kappa shape index (κ2) is 7.26. The van der Waals surface area contributed by atoms with Gasteiger partial charge in [-0.05, 0) is 18.1 Å². The van der Waals surface area contributed by atoms with Crippen molar-refractivity contribution < 1.29 is 14.3 Å². The Morgan fingerprint density at radius 2 is 1.86 bits per heavy atom. The molecular formula is C15H18N4O3. The number of hydrogen-bond donors (Lipinski definition) is 2. The van der Waals surface area contributed by atoms with Gasteiger partial charge in [-0.3, -0.25) is 0 Å². The van der Waals surface area contributed by atoms with Crippen molar-refractivity contribution in [3.8, 4) is 11.9 Å². The molecule has 0 radical (unpaired) electrons. The summed E-state index contributed by atoms with van der Waals surface area (Å²) in [6.45, 7) is 2.03. The van der Waals surface area contributed by atoms with Crippen LogP contribution in [-0.2, 0) is 6.42 Å². The van der Waals surface area contributed by atoms with E-state index in [4.69, 9.17) is 9.47 Å². The van der Waals surface area contributed by atoms with Gasteiger partial charge in [0.2, 0.25) is 5.88 Å². The van der Waals surface area contributed by atoms with Crippen LogP contribution in [0, 0.1) is 0 Å². The highest BCUT2D eigenvalue weighted by molar-refractivity contribution is 6.00. The first-order valence-electron chi connectivity index (χ1n) is 6.78. The number of methoxy groups -OCH3 is 2. The van der Waals surface area contributed by atoms with E-state index >= 15 is 0 Å². The van der Waals surface area contributed by atoms with Crippen LogP contribution >= 0.6 is 0 Å². The van der Waals surface area contributed by atoms with Crippen LogP contribution in [0.5, 0.6) is 11.9 Å². The van der Waals surface area contributed by atoms with Gasteiger partial charge in [-0.15, -0.1) is 0 Å². The Balaban J connectivity index is 2.12. The molecule has 0 aliphatic heterocycles. The number of urea groups is 1. The molecule has 0 spiro atoms. The van der Waals surface area contributed by atoms with Gasteiger partial charge < -0.3 is 20.1 Å². The highest BCUT2D eigenvalue weighted by Crippen LogP contribution is 2.23. The molecule has 0 saturated heterocycles. The summed E-state index contributed by atoms with van der Waals surface area (Å²) in [6.07, 6.45) is 2.25. The van der Waals surface area contributed by atoms with Crippen LogP contribution < -0.4 is 20.1 Å². The zero-order valence-electron chi connectivity index (χ0n) is 12.7. The number of hydrogen-bond acceptors (Lipinski definition) is 5. The number of aryl methyl sites for hydroxylation is 1. The predicted molar refractivity (Wildman–Crippen MR) is 83.6 cm³/mol. The molecule has 0 aliphatic rings. The van der Waals surface area contributed by atoms with Crippen molar-refractivity contribution in [1.82, 2.24) is 9.97 Å². The molecule has 2 amide bonds. The number of aromatic nitrogens is 2. The largest absolute Gasteiger partial charge is 0.479 e. The van der Waals surface area contributed by atoms with Gasteiger partial charge in [0.15, 0.2) is 0 Å². The highest BCUT2D eigenvalue weighted by atomic mass is 16.5. The summed E-state index contributed by atoms with van der Waals surface area (Å²) in [6, 6.07) is 7.38. The zero-order chi connectivity index (χ0) is 15.9. The van der Waals surface area contributed by atoms with Crippen LogP contribution in [0.3, 0.4) is 0 Å². The third kappa shape index (κ3) is 3.63. The number of nitrogens with one attached hydrogen (secondary N) is 2. The minimum atomic E-state index is -0.395. The number of amides is 2. The lowest BCUT2D eigenvalue weighted by atomic mass is 10.1. The Morgan fingerprint density at radius 3 is 2.55 bits per heavy atom. The molecule has 0 bridgehead atoms. The summed E-state index contributed by atoms with van der Waals surface area (Å²) in [5.41, 5.74) is 2.17. The van der Waals surface area contributed by atoms with Crippen molar-refractivity contribution in [3.05, 3.63) is 36.0 Å². The van der Waals surface area contributed by atoms with Crippen molar-refractivity contribution in [2.24, 2.45) is 0 Å². The van der Waals surface area contributed by atoms with Gasteiger partial charge in [-0.2, -0.15) is 4.98 Å². The number of benzene rings is 1. The molecule has 0 aliphatic carbocycles. The lowest BCUT2D eigenvalue weighted by molar-refractivity contribution is 0.262. The van der Waals surface area contributed by atoms with Gasteiger partial charge in [0.1, 0.15) is 5.69 Å². The van der Waals surface area contributed by atoms with E-state index in [2.05, 4.69) is 20.6 Å². The predicted octanol–water partition coefficient (Wildman–Crippen LogP) is 2.70. The molecule has 2 rings (SSSR count). The molecule has 1 aromatic heterocycles. The number of para-hydroxylation sites is 1. The Bertz CT molecular complexity index is 661. The molecule has 2 N–H and O–H groups in total. The van der Waals surface area contributed by atoms with Crippen LogP contribution in [0.4, 0.5) is 16.2 Å². The van der Waals surface area contributed by atoms with Crippen LogP contribution in [0.2, 0.25) is 0 Å². The number of carbonyl (C=O) groups is 1. The van der Waals surface area contributed by atoms with Crippen molar-refractivity contribution in [1.29, 1.82) is 0 Å². The quantitative estimate of drug-likeness (QED) is 0.887. The van der Waals surface area contributed by atoms with E-state index < -0.39 is 6.03 Å². The molecule has 1 aromatic carbocycles. The van der Waals surface area contributed by atoms with E-state index in [9.17, 15) is 4.79 Å². The lowest BCUT2D eigenvalue weighted by Crippen LogP contribution is -2.21. The van der Waals surface area contributed by atoms with Gasteiger partial charge in [-0.25, -0.2) is 9.78 Å². The van der Waals surface area contributed by atoms with Crippen molar-refractivity contribution in [3.63, 3.8) is 0 Å². The van der Waals surface area contributed by atoms with Crippen LogP contribution in [0.25, 0.3) is 0 Å². The zero-order valence-corrected chi connectivity index (χ0v) is 12.7. The molecule has 0 atom stereocenters. The average molecular weight is 302 g/mol. The standard InChI is InChI=1S/C15H18N4O3/c1-4-10-7-5-6-8-11(10)17-14(20)18-12-9-16-15(22-3)19-13(12)21-2/h5-9H,4H2,1-3H3,(H2,17,18,20). The van der Waals surface area contributed by atoms with Gasteiger partial charge in [0.25, 0.3) is 0 Å². The van der Waals surface area contributed by atoms with Crippen LogP contribution in [0.15, 0.2) is 30.5 Å². The molecule has 7 heteroatoms. The highest BCUT2D eigenvalue weighted by Gasteiger charge is 2.12. The SMILES string of the molecule is CCc1ccccc1NC(=O)Nc1cnc(OC)nc1OC. The summed E-state index contributed by atoms with van der Waals surface area (Å²) in [5, 5.41) is 5.45. The van der Waals surface area contributed by atoms with Gasteiger partial charge >= 0.3 is 12.0 Å². The second-order valence-electron chi connectivity index (χ2n) is 4.37. The molecule has 0 unspecified atom stereocenters. The molecule has 116 valence electrons. The van der Waals surface area contributed by atoms with Gasteiger partial charge in [0.05, 0.1) is 20.4 Å². The first-order chi connectivity index (χ1) is 10.7. The summed E-state index contributed by atoms with van der Waals surface area (Å²) >= 11 is 0. The summed E-state index contributed by atoms with van der Waals surface area (Å²) in [5.74, 6) is 0.228. The average Bonchev–Trinajstić information content (AvgIpc) is 2.55. The van der Waals surface area contributed by atoms with Crippen LogP contribution in [0.1, 0.15) is 12.5 Å². The molecular weight excluding hydrogens is 284 g/mol. The van der Waals surface area contributed by atoms with E-state index in [1.807, 2.05) is 31.2 Å².